The second-order valence-electron chi connectivity index (χ2n) is 8.03. The van der Waals surface area contributed by atoms with E-state index in [4.69, 9.17) is 28.7 Å². The van der Waals surface area contributed by atoms with Gasteiger partial charge in [-0.1, -0.05) is 0 Å². The number of aliphatic imine (C=N–C) groups is 1. The number of carboxylic acids is 1. The Morgan fingerprint density at radius 1 is 0.811 bits per heavy atom. The van der Waals surface area contributed by atoms with Crippen LogP contribution in [0, 0.1) is 0 Å². The molecule has 0 heterocycles. The minimum Gasteiger partial charge on any atom is -0.480 e. The highest BCUT2D eigenvalue weighted by molar-refractivity contribution is 7.98. The van der Waals surface area contributed by atoms with E-state index in [2.05, 4.69) is 20.9 Å². The van der Waals surface area contributed by atoms with Crippen LogP contribution < -0.4 is 44.6 Å². The van der Waals surface area contributed by atoms with E-state index in [1.807, 2.05) is 0 Å². The molecule has 0 aromatic heterocycles. The van der Waals surface area contributed by atoms with Crippen LogP contribution in [0.1, 0.15) is 38.5 Å². The first-order valence-corrected chi connectivity index (χ1v) is 12.7. The van der Waals surface area contributed by atoms with E-state index in [9.17, 15) is 33.9 Å². The van der Waals surface area contributed by atoms with Crippen molar-refractivity contribution < 1.29 is 33.9 Å². The second-order valence-corrected chi connectivity index (χ2v) is 9.02. The average Bonchev–Trinajstić information content (AvgIpc) is 2.80. The fourth-order valence-corrected chi connectivity index (χ4v) is 3.40. The molecule has 0 aliphatic heterocycles. The lowest BCUT2D eigenvalue weighted by Crippen LogP contribution is -2.57. The van der Waals surface area contributed by atoms with Gasteiger partial charge in [0.1, 0.15) is 18.1 Å². The number of carboxylic acid groups (broad SMARTS) is 1. The van der Waals surface area contributed by atoms with E-state index in [0.717, 1.165) is 0 Å². The van der Waals surface area contributed by atoms with Gasteiger partial charge in [0.15, 0.2) is 5.96 Å². The quantitative estimate of drug-likeness (QED) is 0.0424. The number of aliphatic carboxylic acids is 1. The number of carbonyl (C=O) groups is 6. The van der Waals surface area contributed by atoms with Crippen molar-refractivity contribution in [2.75, 3.05) is 18.6 Å². The van der Waals surface area contributed by atoms with Crippen molar-refractivity contribution in [3.63, 3.8) is 0 Å². The van der Waals surface area contributed by atoms with Gasteiger partial charge in [-0.2, -0.15) is 11.8 Å². The largest absolute Gasteiger partial charge is 0.480 e. The Labute approximate surface area is 218 Å². The first kappa shape index (κ1) is 33.4. The normalized spacial score (nSPS) is 13.8. The van der Waals surface area contributed by atoms with Crippen molar-refractivity contribution in [3.8, 4) is 0 Å². The Bertz CT molecular complexity index is 852. The third-order valence-electron chi connectivity index (χ3n) is 4.88. The summed E-state index contributed by atoms with van der Waals surface area (Å²) >= 11 is 1.38. The van der Waals surface area contributed by atoms with Gasteiger partial charge in [0.25, 0.3) is 0 Å². The topological polar surface area (TPSA) is 301 Å². The molecule has 0 radical (unpaired) electrons. The molecule has 210 valence electrons. The monoisotopic (exact) mass is 547 g/mol. The Morgan fingerprint density at radius 2 is 1.38 bits per heavy atom. The van der Waals surface area contributed by atoms with Crippen molar-refractivity contribution in [2.45, 2.75) is 62.7 Å². The predicted octanol–water partition coefficient (Wildman–Crippen LogP) is -4.20. The molecule has 0 spiro atoms. The molecule has 0 saturated carbocycles. The number of thioether (sulfide) groups is 1. The Balaban J connectivity index is 5.44. The Kier molecular flexibility index (Phi) is 16.0. The highest BCUT2D eigenvalue weighted by Crippen LogP contribution is 2.06. The van der Waals surface area contributed by atoms with Crippen molar-refractivity contribution in [2.24, 2.45) is 33.7 Å². The van der Waals surface area contributed by atoms with Gasteiger partial charge in [-0.15, -0.1) is 0 Å². The molecule has 0 aliphatic carbocycles. The van der Waals surface area contributed by atoms with Crippen LogP contribution in [-0.4, -0.2) is 89.3 Å². The maximum atomic E-state index is 12.9. The molecular weight excluding hydrogens is 510 g/mol. The number of carbonyl (C=O) groups excluding carboxylic acids is 5. The van der Waals surface area contributed by atoms with E-state index in [1.54, 1.807) is 6.26 Å². The molecule has 0 aromatic rings. The summed E-state index contributed by atoms with van der Waals surface area (Å²) in [6.07, 6.45) is 1.31. The lowest BCUT2D eigenvalue weighted by molar-refractivity contribution is -0.142. The van der Waals surface area contributed by atoms with E-state index in [1.165, 1.54) is 11.8 Å². The maximum absolute atomic E-state index is 12.9. The van der Waals surface area contributed by atoms with Gasteiger partial charge in [-0.3, -0.25) is 29.0 Å². The number of nitrogens with two attached hydrogens (primary N) is 5. The minimum absolute atomic E-state index is 0.0184. The standard InChI is InChI=1S/C20H37N9O7S/c1-37-8-6-11(17(33)28-12(19(35)36)3-2-7-26-20(24)25)27-18(34)13(9-15(23)31)29-16(32)10(21)4-5-14(22)30/h10-13H,2-9,21H2,1H3,(H2,22,30)(H2,23,31)(H,27,34)(H,28,33)(H,29,32)(H,35,36)(H4,24,25,26). The third kappa shape index (κ3) is 15.2. The van der Waals surface area contributed by atoms with Crippen LogP contribution in [0.5, 0.6) is 0 Å². The molecule has 0 aliphatic rings. The van der Waals surface area contributed by atoms with E-state index in [0.29, 0.717) is 5.75 Å². The Hall–Kier alpha value is -3.60. The molecule has 0 bridgehead atoms. The van der Waals surface area contributed by atoms with Crippen LogP contribution in [0.3, 0.4) is 0 Å². The summed E-state index contributed by atoms with van der Waals surface area (Å²) in [7, 11) is 0. The summed E-state index contributed by atoms with van der Waals surface area (Å²) in [4.78, 5) is 75.8. The van der Waals surface area contributed by atoms with Gasteiger partial charge in [-0.05, 0) is 37.7 Å². The number of rotatable bonds is 19. The number of nitrogens with zero attached hydrogens (tertiary/aromatic N) is 1. The molecule has 16 nitrogen and oxygen atoms in total. The van der Waals surface area contributed by atoms with Crippen LogP contribution in [0.15, 0.2) is 4.99 Å². The van der Waals surface area contributed by atoms with Gasteiger partial charge in [0.05, 0.1) is 12.5 Å². The molecule has 4 atom stereocenters. The van der Waals surface area contributed by atoms with E-state index in [-0.39, 0.29) is 44.6 Å². The van der Waals surface area contributed by atoms with E-state index >= 15 is 0 Å². The predicted molar refractivity (Wildman–Crippen MR) is 137 cm³/mol. The fourth-order valence-electron chi connectivity index (χ4n) is 2.93. The smallest absolute Gasteiger partial charge is 0.326 e. The first-order chi connectivity index (χ1) is 17.3. The summed E-state index contributed by atoms with van der Waals surface area (Å²) in [5.41, 5.74) is 26.4. The maximum Gasteiger partial charge on any atom is 0.326 e. The fraction of sp³-hybridized carbons (Fsp3) is 0.650. The van der Waals surface area contributed by atoms with Crippen LogP contribution in [0.25, 0.3) is 0 Å². The minimum atomic E-state index is -1.47. The first-order valence-electron chi connectivity index (χ1n) is 11.3. The highest BCUT2D eigenvalue weighted by atomic mass is 32.2. The average molecular weight is 548 g/mol. The van der Waals surface area contributed by atoms with Crippen LogP contribution in [0.2, 0.25) is 0 Å². The van der Waals surface area contributed by atoms with Gasteiger partial charge in [-0.25, -0.2) is 4.79 Å². The van der Waals surface area contributed by atoms with Crippen molar-refractivity contribution in [1.29, 1.82) is 0 Å². The number of hydrogen-bond donors (Lipinski definition) is 9. The molecule has 0 aromatic carbocycles. The van der Waals surface area contributed by atoms with Crippen molar-refractivity contribution in [1.82, 2.24) is 16.0 Å². The number of primary amides is 2. The summed E-state index contributed by atoms with van der Waals surface area (Å²) in [6, 6.07) is -5.12. The molecule has 4 unspecified atom stereocenters. The molecule has 0 fully saturated rings. The van der Waals surface area contributed by atoms with Gasteiger partial charge >= 0.3 is 5.97 Å². The number of amides is 5. The summed E-state index contributed by atoms with van der Waals surface area (Å²) in [5, 5.41) is 16.5. The van der Waals surface area contributed by atoms with Crippen LogP contribution in [-0.2, 0) is 28.8 Å². The van der Waals surface area contributed by atoms with Gasteiger partial charge in [0.2, 0.25) is 29.5 Å². The zero-order chi connectivity index (χ0) is 28.5. The number of guanidine groups is 1. The molecule has 0 rings (SSSR count). The lowest BCUT2D eigenvalue weighted by Gasteiger charge is -2.24. The zero-order valence-corrected chi connectivity index (χ0v) is 21.4. The summed E-state index contributed by atoms with van der Waals surface area (Å²) in [5.74, 6) is -5.13. The third-order valence-corrected chi connectivity index (χ3v) is 5.52. The number of nitrogens with one attached hydrogen (secondary N) is 3. The van der Waals surface area contributed by atoms with E-state index < -0.39 is 66.1 Å². The Morgan fingerprint density at radius 3 is 1.89 bits per heavy atom. The summed E-state index contributed by atoms with van der Waals surface area (Å²) in [6.45, 7) is 0.157. The van der Waals surface area contributed by atoms with Crippen molar-refractivity contribution >= 4 is 53.2 Å². The molecule has 37 heavy (non-hydrogen) atoms. The molecular formula is C20H37N9O7S. The van der Waals surface area contributed by atoms with Crippen LogP contribution >= 0.6 is 11.8 Å². The van der Waals surface area contributed by atoms with Gasteiger partial charge < -0.3 is 49.7 Å². The molecule has 5 amide bonds. The van der Waals surface area contributed by atoms with Crippen molar-refractivity contribution in [3.05, 3.63) is 0 Å². The summed E-state index contributed by atoms with van der Waals surface area (Å²) < 4.78 is 0. The SMILES string of the molecule is CSCCC(NC(=O)C(CC(N)=O)NC(=O)C(N)CCC(N)=O)C(=O)NC(CCCN=C(N)N)C(=O)O. The number of hydrogen-bond acceptors (Lipinski definition) is 9. The molecule has 14 N–H and O–H groups in total. The van der Waals surface area contributed by atoms with Gasteiger partial charge in [0, 0.05) is 13.0 Å². The zero-order valence-electron chi connectivity index (χ0n) is 20.6. The second kappa shape index (κ2) is 17.8. The molecule has 0 saturated heterocycles. The highest BCUT2D eigenvalue weighted by Gasteiger charge is 2.31. The van der Waals surface area contributed by atoms with Crippen LogP contribution in [0.4, 0.5) is 0 Å². The molecule has 17 heteroatoms. The lowest BCUT2D eigenvalue weighted by atomic mass is 10.1.